The van der Waals surface area contributed by atoms with Gasteiger partial charge in [-0.3, -0.25) is 4.31 Å². The van der Waals surface area contributed by atoms with Crippen LogP contribution in [-0.4, -0.2) is 63.5 Å². The average Bonchev–Trinajstić information content (AvgIpc) is 2.82. The molecule has 0 spiro atoms. The molecule has 1 fully saturated rings. The van der Waals surface area contributed by atoms with Gasteiger partial charge in [0, 0.05) is 13.2 Å². The minimum absolute atomic E-state index is 0.0198. The van der Waals surface area contributed by atoms with Crippen molar-refractivity contribution in [2.45, 2.75) is 19.4 Å². The van der Waals surface area contributed by atoms with Crippen molar-refractivity contribution in [2.75, 3.05) is 43.4 Å². The van der Waals surface area contributed by atoms with E-state index in [-0.39, 0.29) is 18.9 Å². The number of para-hydroxylation sites is 1. The molecule has 0 radical (unpaired) electrons. The Kier molecular flexibility index (Phi) is 8.06. The van der Waals surface area contributed by atoms with Crippen LogP contribution in [0.2, 0.25) is 0 Å². The molecule has 8 heteroatoms. The van der Waals surface area contributed by atoms with E-state index in [0.29, 0.717) is 23.7 Å². The molecule has 168 valence electrons. The van der Waals surface area contributed by atoms with Gasteiger partial charge in [0.15, 0.2) is 0 Å². The van der Waals surface area contributed by atoms with Crippen LogP contribution in [0.4, 0.5) is 5.69 Å². The summed E-state index contributed by atoms with van der Waals surface area (Å²) in [6.45, 7) is 2.45. The lowest BCUT2D eigenvalue weighted by Gasteiger charge is -2.32. The molecule has 31 heavy (non-hydrogen) atoms. The Balaban J connectivity index is 1.73. The zero-order valence-corrected chi connectivity index (χ0v) is 18.6. The van der Waals surface area contributed by atoms with Crippen LogP contribution in [0, 0.1) is 5.92 Å². The maximum atomic E-state index is 13.3. The topological polar surface area (TPSA) is 87.2 Å². The van der Waals surface area contributed by atoms with Crippen molar-refractivity contribution in [1.82, 2.24) is 4.90 Å². The molecule has 2 aromatic carbocycles. The Morgan fingerprint density at radius 3 is 2.32 bits per heavy atom. The fourth-order valence-corrected chi connectivity index (χ4v) is 5.22. The van der Waals surface area contributed by atoms with Crippen LogP contribution in [0.1, 0.15) is 28.8 Å². The van der Waals surface area contributed by atoms with Gasteiger partial charge in [0.05, 0.1) is 30.7 Å². The number of sulfonamides is 1. The number of benzene rings is 2. The Bertz CT molecular complexity index is 940. The number of anilines is 1. The molecule has 0 saturated carbocycles. The predicted molar refractivity (Wildman–Crippen MR) is 120 cm³/mol. The van der Waals surface area contributed by atoms with Crippen molar-refractivity contribution in [2.24, 2.45) is 5.92 Å². The molecule has 0 aromatic heterocycles. The van der Waals surface area contributed by atoms with E-state index >= 15 is 0 Å². The zero-order valence-electron chi connectivity index (χ0n) is 17.8. The van der Waals surface area contributed by atoms with Gasteiger partial charge in [-0.1, -0.05) is 30.3 Å². The summed E-state index contributed by atoms with van der Waals surface area (Å²) < 4.78 is 32.8. The van der Waals surface area contributed by atoms with Crippen LogP contribution in [0.5, 0.6) is 0 Å². The molecule has 7 nitrogen and oxygen atoms in total. The molecular weight excluding hydrogens is 416 g/mol. The summed E-state index contributed by atoms with van der Waals surface area (Å²) in [5.41, 5.74) is 1.81. The highest BCUT2D eigenvalue weighted by Gasteiger charge is 2.25. The number of likely N-dealkylation sites (tertiary alicyclic amines) is 1. The average molecular weight is 447 g/mol. The maximum absolute atomic E-state index is 13.3. The third-order valence-corrected chi connectivity index (χ3v) is 7.42. The lowest BCUT2D eigenvalue weighted by molar-refractivity contribution is 0.0600. The van der Waals surface area contributed by atoms with Crippen LogP contribution in [0.25, 0.3) is 0 Å². The fourth-order valence-electron chi connectivity index (χ4n) is 3.72. The van der Waals surface area contributed by atoms with E-state index in [2.05, 4.69) is 4.90 Å². The summed E-state index contributed by atoms with van der Waals surface area (Å²) in [5, 5.41) is 9.29. The molecule has 1 heterocycles. The highest BCUT2D eigenvalue weighted by Crippen LogP contribution is 2.22. The van der Waals surface area contributed by atoms with Crippen LogP contribution in [-0.2, 0) is 21.3 Å². The summed E-state index contributed by atoms with van der Waals surface area (Å²) in [6.07, 6.45) is 1.79. The second kappa shape index (κ2) is 10.7. The fraction of sp³-hybridized carbons (Fsp3) is 0.435. The van der Waals surface area contributed by atoms with Crippen LogP contribution in [0.15, 0.2) is 54.6 Å². The van der Waals surface area contributed by atoms with Crippen molar-refractivity contribution < 1.29 is 23.1 Å². The number of ether oxygens (including phenoxy) is 1. The van der Waals surface area contributed by atoms with E-state index < -0.39 is 16.0 Å². The molecule has 0 bridgehead atoms. The van der Waals surface area contributed by atoms with Gasteiger partial charge < -0.3 is 14.7 Å². The third kappa shape index (κ3) is 6.29. The predicted octanol–water partition coefficient (Wildman–Crippen LogP) is 2.51. The molecule has 3 rings (SSSR count). The molecule has 1 N–H and O–H groups in total. The minimum atomic E-state index is -3.57. The van der Waals surface area contributed by atoms with E-state index in [9.17, 15) is 18.3 Å². The van der Waals surface area contributed by atoms with Gasteiger partial charge >= 0.3 is 5.97 Å². The number of methoxy groups -OCH3 is 1. The van der Waals surface area contributed by atoms with E-state index in [1.54, 1.807) is 36.4 Å². The highest BCUT2D eigenvalue weighted by atomic mass is 32.2. The van der Waals surface area contributed by atoms with Crippen LogP contribution in [0.3, 0.4) is 0 Å². The monoisotopic (exact) mass is 446 g/mol. The summed E-state index contributed by atoms with van der Waals surface area (Å²) in [6, 6.07) is 15.8. The molecule has 0 aliphatic carbocycles. The number of aliphatic hydroxyl groups is 1. The number of nitrogens with zero attached hydrogens (tertiary/aromatic N) is 2. The van der Waals surface area contributed by atoms with Gasteiger partial charge in [-0.05, 0) is 61.7 Å². The number of carbonyl (C=O) groups excluding carboxylic acids is 1. The van der Waals surface area contributed by atoms with E-state index in [1.807, 2.05) is 18.2 Å². The second-order valence-electron chi connectivity index (χ2n) is 7.81. The Morgan fingerprint density at radius 2 is 1.74 bits per heavy atom. The number of rotatable bonds is 9. The summed E-state index contributed by atoms with van der Waals surface area (Å²) >= 11 is 0. The van der Waals surface area contributed by atoms with Crippen LogP contribution < -0.4 is 4.31 Å². The molecule has 0 amide bonds. The van der Waals surface area contributed by atoms with Crippen molar-refractivity contribution in [3.8, 4) is 0 Å². The smallest absolute Gasteiger partial charge is 0.337 e. The maximum Gasteiger partial charge on any atom is 0.337 e. The SMILES string of the molecule is COC(=O)c1ccc(CN(c2ccccc2)S(=O)(=O)CCN2CCC(CO)CC2)cc1. The molecule has 1 aliphatic heterocycles. The van der Waals surface area contributed by atoms with E-state index in [1.165, 1.54) is 11.4 Å². The van der Waals surface area contributed by atoms with Gasteiger partial charge in [-0.15, -0.1) is 0 Å². The first-order valence-electron chi connectivity index (χ1n) is 10.5. The minimum Gasteiger partial charge on any atom is -0.465 e. The van der Waals surface area contributed by atoms with E-state index in [0.717, 1.165) is 31.5 Å². The number of esters is 1. The number of aliphatic hydroxyl groups excluding tert-OH is 1. The van der Waals surface area contributed by atoms with Crippen molar-refractivity contribution in [3.05, 3.63) is 65.7 Å². The number of piperidine rings is 1. The third-order valence-electron chi connectivity index (χ3n) is 5.71. The first kappa shape index (κ1) is 23.2. The molecule has 0 atom stereocenters. The quantitative estimate of drug-likeness (QED) is 0.596. The Morgan fingerprint density at radius 1 is 1.10 bits per heavy atom. The first-order valence-corrected chi connectivity index (χ1v) is 12.1. The Hall–Kier alpha value is -2.42. The number of carbonyl (C=O) groups is 1. The lowest BCUT2D eigenvalue weighted by atomic mass is 9.98. The normalized spacial score (nSPS) is 15.5. The largest absolute Gasteiger partial charge is 0.465 e. The van der Waals surface area contributed by atoms with Crippen molar-refractivity contribution in [1.29, 1.82) is 0 Å². The number of hydrogen-bond donors (Lipinski definition) is 1. The second-order valence-corrected chi connectivity index (χ2v) is 9.83. The lowest BCUT2D eigenvalue weighted by Crippen LogP contribution is -2.41. The standard InChI is InChI=1S/C23H30N2O5S/c1-30-23(27)21-9-7-19(8-10-21)17-25(22-5-3-2-4-6-22)31(28,29)16-15-24-13-11-20(18-26)12-14-24/h2-10,20,26H,11-18H2,1H3. The first-order chi connectivity index (χ1) is 14.9. The van der Waals surface area contributed by atoms with E-state index in [4.69, 9.17) is 4.74 Å². The van der Waals surface area contributed by atoms with Crippen molar-refractivity contribution >= 4 is 21.7 Å². The van der Waals surface area contributed by atoms with Crippen LogP contribution >= 0.6 is 0 Å². The molecule has 1 aliphatic rings. The Labute approximate surface area is 184 Å². The van der Waals surface area contributed by atoms with Gasteiger partial charge in [-0.25, -0.2) is 13.2 Å². The number of hydrogen-bond acceptors (Lipinski definition) is 6. The molecule has 1 saturated heterocycles. The summed E-state index contributed by atoms with van der Waals surface area (Å²) in [4.78, 5) is 13.8. The molecule has 0 unspecified atom stereocenters. The van der Waals surface area contributed by atoms with Gasteiger partial charge in [0.25, 0.3) is 0 Å². The molecule has 2 aromatic rings. The summed E-state index contributed by atoms with van der Waals surface area (Å²) in [7, 11) is -2.25. The van der Waals surface area contributed by atoms with Gasteiger partial charge in [0.2, 0.25) is 10.0 Å². The van der Waals surface area contributed by atoms with Gasteiger partial charge in [-0.2, -0.15) is 0 Å². The highest BCUT2D eigenvalue weighted by molar-refractivity contribution is 7.92. The van der Waals surface area contributed by atoms with Crippen molar-refractivity contribution in [3.63, 3.8) is 0 Å². The summed E-state index contributed by atoms with van der Waals surface area (Å²) in [5.74, 6) is -0.0861. The molecular formula is C23H30N2O5S. The van der Waals surface area contributed by atoms with Gasteiger partial charge in [0.1, 0.15) is 0 Å². The zero-order chi connectivity index (χ0) is 22.3.